The van der Waals surface area contributed by atoms with E-state index in [4.69, 9.17) is 0 Å². The Morgan fingerprint density at radius 2 is 1.64 bits per heavy atom. The first kappa shape index (κ1) is 17.4. The number of benzene rings is 1. The van der Waals surface area contributed by atoms with Gasteiger partial charge in [-0.25, -0.2) is 4.79 Å². The summed E-state index contributed by atoms with van der Waals surface area (Å²) in [4.78, 5) is 52.7. The van der Waals surface area contributed by atoms with Gasteiger partial charge in [-0.3, -0.25) is 19.3 Å². The van der Waals surface area contributed by atoms with Crippen LogP contribution in [0.15, 0.2) is 22.7 Å². The molecule has 0 saturated carbocycles. The van der Waals surface area contributed by atoms with Crippen molar-refractivity contribution in [1.29, 1.82) is 0 Å². The number of carbonyl (C=O) groups is 4. The van der Waals surface area contributed by atoms with Gasteiger partial charge in [0.25, 0.3) is 11.8 Å². The van der Waals surface area contributed by atoms with Gasteiger partial charge in [0.2, 0.25) is 5.91 Å². The van der Waals surface area contributed by atoms with Crippen molar-refractivity contribution in [3.8, 4) is 0 Å². The second kappa shape index (κ2) is 6.83. The van der Waals surface area contributed by atoms with Gasteiger partial charge in [-0.05, 0) is 18.2 Å². The Morgan fingerprint density at radius 3 is 2.28 bits per heavy atom. The Bertz CT molecular complexity index is 758. The summed E-state index contributed by atoms with van der Waals surface area (Å²) in [7, 11) is 1.31. The van der Waals surface area contributed by atoms with Gasteiger partial charge in [0.05, 0.1) is 18.2 Å². The lowest BCUT2D eigenvalue weighted by Gasteiger charge is -2.34. The fourth-order valence-electron chi connectivity index (χ4n) is 2.91. The van der Waals surface area contributed by atoms with Crippen LogP contribution < -0.4 is 0 Å². The molecular formula is C16H16BrN3O5. The Hall–Kier alpha value is -2.42. The Morgan fingerprint density at radius 1 is 1.04 bits per heavy atom. The fraction of sp³-hybridized carbons (Fsp3) is 0.375. The first-order valence-corrected chi connectivity index (χ1v) is 8.48. The molecule has 1 fully saturated rings. The smallest absolute Gasteiger partial charge is 0.409 e. The van der Waals surface area contributed by atoms with Crippen LogP contribution in [0.5, 0.6) is 0 Å². The summed E-state index contributed by atoms with van der Waals surface area (Å²) in [5.41, 5.74) is 0.596. The summed E-state index contributed by atoms with van der Waals surface area (Å²) in [6.07, 6.45) is -0.432. The monoisotopic (exact) mass is 409 g/mol. The second-order valence-corrected chi connectivity index (χ2v) is 6.64. The summed E-state index contributed by atoms with van der Waals surface area (Å²) in [6.45, 7) is 1.08. The van der Waals surface area contributed by atoms with E-state index in [0.29, 0.717) is 41.8 Å². The van der Waals surface area contributed by atoms with Crippen LogP contribution in [0.3, 0.4) is 0 Å². The van der Waals surface area contributed by atoms with Crippen molar-refractivity contribution < 1.29 is 23.9 Å². The summed E-state index contributed by atoms with van der Waals surface area (Å²) in [5.74, 6) is -1.25. The minimum atomic E-state index is -0.470. The zero-order valence-electron chi connectivity index (χ0n) is 13.5. The molecular weight excluding hydrogens is 394 g/mol. The highest BCUT2D eigenvalue weighted by atomic mass is 79.9. The van der Waals surface area contributed by atoms with Gasteiger partial charge in [0, 0.05) is 30.7 Å². The maximum atomic E-state index is 12.4. The number of imide groups is 1. The molecule has 0 aliphatic carbocycles. The van der Waals surface area contributed by atoms with Crippen LogP contribution >= 0.6 is 15.9 Å². The highest BCUT2D eigenvalue weighted by molar-refractivity contribution is 9.10. The molecule has 0 radical (unpaired) electrons. The van der Waals surface area contributed by atoms with Crippen LogP contribution in [0.2, 0.25) is 0 Å². The van der Waals surface area contributed by atoms with E-state index in [1.165, 1.54) is 12.0 Å². The number of nitrogens with zero attached hydrogens (tertiary/aromatic N) is 3. The molecule has 25 heavy (non-hydrogen) atoms. The lowest BCUT2D eigenvalue weighted by molar-refractivity contribution is -0.133. The van der Waals surface area contributed by atoms with Gasteiger partial charge in [-0.15, -0.1) is 0 Å². The quantitative estimate of drug-likeness (QED) is 0.678. The molecule has 1 aromatic rings. The SMILES string of the molecule is COC(=O)N1CCN(C(=O)CN2C(=O)c3ccc(Br)cc3C2=O)CC1. The average molecular weight is 410 g/mol. The topological polar surface area (TPSA) is 87.2 Å². The largest absolute Gasteiger partial charge is 0.453 e. The third kappa shape index (κ3) is 3.23. The molecule has 2 heterocycles. The van der Waals surface area contributed by atoms with Crippen LogP contribution in [0, 0.1) is 0 Å². The Balaban J connectivity index is 1.64. The molecule has 2 aliphatic rings. The van der Waals surface area contributed by atoms with Crippen molar-refractivity contribution in [3.05, 3.63) is 33.8 Å². The zero-order valence-corrected chi connectivity index (χ0v) is 15.1. The third-order valence-electron chi connectivity index (χ3n) is 4.29. The standard InChI is InChI=1S/C16H16BrN3O5/c1-25-16(24)19-6-4-18(5-7-19)13(21)9-20-14(22)11-3-2-10(17)8-12(11)15(20)23/h2-3,8H,4-7,9H2,1H3. The van der Waals surface area contributed by atoms with Crippen molar-refractivity contribution >= 4 is 39.7 Å². The van der Waals surface area contributed by atoms with Gasteiger partial charge in [-0.2, -0.15) is 0 Å². The normalized spacial score (nSPS) is 17.0. The van der Waals surface area contributed by atoms with E-state index in [1.807, 2.05) is 0 Å². The van der Waals surface area contributed by atoms with E-state index in [2.05, 4.69) is 20.7 Å². The number of halogens is 1. The van der Waals surface area contributed by atoms with Gasteiger partial charge >= 0.3 is 6.09 Å². The van der Waals surface area contributed by atoms with Crippen LogP contribution in [0.25, 0.3) is 0 Å². The molecule has 132 valence electrons. The average Bonchev–Trinajstić information content (AvgIpc) is 2.85. The molecule has 1 saturated heterocycles. The number of hydrogen-bond donors (Lipinski definition) is 0. The number of piperazine rings is 1. The first-order valence-electron chi connectivity index (χ1n) is 7.69. The van der Waals surface area contributed by atoms with E-state index in [9.17, 15) is 19.2 Å². The number of rotatable bonds is 2. The van der Waals surface area contributed by atoms with Crippen LogP contribution in [0.1, 0.15) is 20.7 Å². The van der Waals surface area contributed by atoms with Crippen molar-refractivity contribution in [1.82, 2.24) is 14.7 Å². The molecule has 4 amide bonds. The highest BCUT2D eigenvalue weighted by Gasteiger charge is 2.38. The van der Waals surface area contributed by atoms with Gasteiger partial charge in [0.1, 0.15) is 6.54 Å². The molecule has 3 rings (SSSR count). The summed E-state index contributed by atoms with van der Waals surface area (Å²) in [6, 6.07) is 4.83. The molecule has 0 unspecified atom stereocenters. The minimum Gasteiger partial charge on any atom is -0.453 e. The number of fused-ring (bicyclic) bond motifs is 1. The Kier molecular flexibility index (Phi) is 4.76. The van der Waals surface area contributed by atoms with Crippen molar-refractivity contribution in [2.24, 2.45) is 0 Å². The minimum absolute atomic E-state index is 0.294. The Labute approximate surface area is 152 Å². The van der Waals surface area contributed by atoms with Crippen molar-refractivity contribution in [2.45, 2.75) is 0 Å². The predicted octanol–water partition coefficient (Wildman–Crippen LogP) is 0.956. The lowest BCUT2D eigenvalue weighted by atomic mass is 10.1. The van der Waals surface area contributed by atoms with Crippen LogP contribution in [-0.4, -0.2) is 78.3 Å². The number of methoxy groups -OCH3 is 1. The highest BCUT2D eigenvalue weighted by Crippen LogP contribution is 2.26. The molecule has 0 N–H and O–H groups in total. The summed E-state index contributed by atoms with van der Waals surface area (Å²) in [5, 5.41) is 0. The second-order valence-electron chi connectivity index (χ2n) is 5.72. The molecule has 0 spiro atoms. The molecule has 8 nitrogen and oxygen atoms in total. The van der Waals surface area contributed by atoms with Gasteiger partial charge in [-0.1, -0.05) is 15.9 Å². The van der Waals surface area contributed by atoms with E-state index in [0.717, 1.165) is 4.90 Å². The van der Waals surface area contributed by atoms with E-state index < -0.39 is 17.9 Å². The van der Waals surface area contributed by atoms with E-state index in [1.54, 1.807) is 23.1 Å². The van der Waals surface area contributed by atoms with Crippen molar-refractivity contribution in [2.75, 3.05) is 39.8 Å². The summed E-state index contributed by atoms with van der Waals surface area (Å²) < 4.78 is 5.34. The maximum absolute atomic E-state index is 12.4. The molecule has 0 aromatic heterocycles. The first-order chi connectivity index (χ1) is 11.9. The van der Waals surface area contributed by atoms with Crippen molar-refractivity contribution in [3.63, 3.8) is 0 Å². The zero-order chi connectivity index (χ0) is 18.1. The molecule has 9 heteroatoms. The van der Waals surface area contributed by atoms with Crippen LogP contribution in [0.4, 0.5) is 4.79 Å². The van der Waals surface area contributed by atoms with E-state index >= 15 is 0 Å². The number of hydrogen-bond acceptors (Lipinski definition) is 5. The number of amides is 4. The fourth-order valence-corrected chi connectivity index (χ4v) is 3.27. The molecule has 0 atom stereocenters. The van der Waals surface area contributed by atoms with E-state index in [-0.39, 0.29) is 12.5 Å². The van der Waals surface area contributed by atoms with Crippen LogP contribution in [-0.2, 0) is 9.53 Å². The number of ether oxygens (including phenoxy) is 1. The molecule has 2 aliphatic heterocycles. The van der Waals surface area contributed by atoms with Gasteiger partial charge in [0.15, 0.2) is 0 Å². The predicted molar refractivity (Wildman–Crippen MR) is 90.1 cm³/mol. The van der Waals surface area contributed by atoms with Gasteiger partial charge < -0.3 is 14.5 Å². The third-order valence-corrected chi connectivity index (χ3v) is 4.78. The maximum Gasteiger partial charge on any atom is 0.409 e. The molecule has 0 bridgehead atoms. The summed E-state index contributed by atoms with van der Waals surface area (Å²) >= 11 is 3.27. The molecule has 1 aromatic carbocycles. The number of carbonyl (C=O) groups excluding carboxylic acids is 4. The lowest BCUT2D eigenvalue weighted by Crippen LogP contribution is -2.53.